The summed E-state index contributed by atoms with van der Waals surface area (Å²) in [5.41, 5.74) is 5.80. The van der Waals surface area contributed by atoms with Gasteiger partial charge in [-0.2, -0.15) is 0 Å². The van der Waals surface area contributed by atoms with E-state index in [0.29, 0.717) is 34.1 Å². The fourth-order valence-electron chi connectivity index (χ4n) is 4.77. The summed E-state index contributed by atoms with van der Waals surface area (Å²) in [6, 6.07) is 38.7. The number of fused-ring (bicyclic) bond motifs is 1. The molecule has 2 heterocycles. The van der Waals surface area contributed by atoms with E-state index in [1.807, 2.05) is 121 Å². The lowest BCUT2D eigenvalue weighted by Crippen LogP contribution is -2.17. The third-order valence-electron chi connectivity index (χ3n) is 6.98. The Hall–Kier alpha value is -5.18. The van der Waals surface area contributed by atoms with Crippen LogP contribution in [-0.2, 0) is 0 Å². The highest BCUT2D eigenvalue weighted by molar-refractivity contribution is 5.96. The first kappa shape index (κ1) is 27.0. The van der Waals surface area contributed by atoms with Crippen LogP contribution < -0.4 is 10.6 Å². The zero-order valence-corrected chi connectivity index (χ0v) is 22.8. The van der Waals surface area contributed by atoms with Crippen molar-refractivity contribution in [3.63, 3.8) is 0 Å². The van der Waals surface area contributed by atoms with E-state index in [1.165, 1.54) is 0 Å². The molecule has 0 fully saturated rings. The molecule has 8 nitrogen and oxygen atoms in total. The molecule has 0 saturated heterocycles. The maximum Gasteiger partial charge on any atom is 0.177 e. The predicted molar refractivity (Wildman–Crippen MR) is 166 cm³/mol. The van der Waals surface area contributed by atoms with E-state index >= 15 is 0 Å². The van der Waals surface area contributed by atoms with Crippen LogP contribution in [0, 0.1) is 0 Å². The summed E-state index contributed by atoms with van der Waals surface area (Å²) in [6.45, 7) is 0.409. The van der Waals surface area contributed by atoms with Crippen LogP contribution in [0.25, 0.3) is 33.5 Å². The van der Waals surface area contributed by atoms with Gasteiger partial charge in [0.2, 0.25) is 0 Å². The van der Waals surface area contributed by atoms with E-state index in [2.05, 4.69) is 20.8 Å². The highest BCUT2D eigenvalue weighted by Gasteiger charge is 2.20. The first-order valence-corrected chi connectivity index (χ1v) is 13.8. The molecule has 4 N–H and O–H groups in total. The van der Waals surface area contributed by atoms with Crippen LogP contribution in [0.5, 0.6) is 0 Å². The van der Waals surface area contributed by atoms with Gasteiger partial charge in [-0.05, 0) is 11.1 Å². The summed E-state index contributed by atoms with van der Waals surface area (Å²) >= 11 is 0. The highest BCUT2D eigenvalue weighted by Crippen LogP contribution is 2.34. The molecule has 42 heavy (non-hydrogen) atoms. The molecule has 0 bridgehead atoms. The summed E-state index contributed by atoms with van der Waals surface area (Å²) in [5.74, 6) is 0.803. The number of aliphatic hydroxyl groups is 2. The number of anilines is 2. The molecule has 0 radical (unpaired) electrons. The number of benzene rings is 4. The summed E-state index contributed by atoms with van der Waals surface area (Å²) in [4.78, 5) is 10.2. The summed E-state index contributed by atoms with van der Waals surface area (Å²) in [5, 5.41) is 37.0. The van der Waals surface area contributed by atoms with Crippen molar-refractivity contribution in [2.75, 3.05) is 23.7 Å². The second-order valence-corrected chi connectivity index (χ2v) is 9.86. The highest BCUT2D eigenvalue weighted by atomic mass is 16.3. The van der Waals surface area contributed by atoms with Crippen molar-refractivity contribution in [1.82, 2.24) is 20.2 Å². The minimum absolute atomic E-state index is 0.204. The van der Waals surface area contributed by atoms with Crippen molar-refractivity contribution in [2.24, 2.45) is 0 Å². The molecule has 0 amide bonds. The lowest BCUT2D eigenvalue weighted by molar-refractivity contribution is 0.191. The molecule has 2 aromatic heterocycles. The number of nitrogens with zero attached hydrogens (tertiary/aromatic N) is 4. The maximum atomic E-state index is 10.8. The molecule has 6 rings (SSSR count). The Morgan fingerprint density at radius 2 is 0.810 bits per heavy atom. The number of nitrogens with one attached hydrogen (secondary N) is 2. The second kappa shape index (κ2) is 12.6. The monoisotopic (exact) mass is 554 g/mol. The lowest BCUT2D eigenvalue weighted by Gasteiger charge is -2.17. The van der Waals surface area contributed by atoms with Gasteiger partial charge in [-0.15, -0.1) is 10.2 Å². The molecule has 0 saturated carbocycles. The van der Waals surface area contributed by atoms with Crippen LogP contribution in [0.2, 0.25) is 0 Å². The molecule has 4 aromatic carbocycles. The molecule has 8 heteroatoms. The van der Waals surface area contributed by atoms with Gasteiger partial charge >= 0.3 is 0 Å². The summed E-state index contributed by atoms with van der Waals surface area (Å²) in [7, 11) is 0. The first-order valence-electron chi connectivity index (χ1n) is 13.8. The molecule has 2 atom stereocenters. The van der Waals surface area contributed by atoms with Crippen molar-refractivity contribution in [2.45, 2.75) is 12.2 Å². The fraction of sp³-hybridized carbons (Fsp3) is 0.118. The van der Waals surface area contributed by atoms with Gasteiger partial charge in [0.25, 0.3) is 0 Å². The molecule has 6 aromatic rings. The predicted octanol–water partition coefficient (Wildman–Crippen LogP) is 6.04. The van der Waals surface area contributed by atoms with Gasteiger partial charge in [0, 0.05) is 24.2 Å². The quantitative estimate of drug-likeness (QED) is 0.162. The average Bonchev–Trinajstić information content (AvgIpc) is 3.07. The zero-order valence-electron chi connectivity index (χ0n) is 22.8. The van der Waals surface area contributed by atoms with Crippen LogP contribution in [0.15, 0.2) is 121 Å². The summed E-state index contributed by atoms with van der Waals surface area (Å²) in [6.07, 6.45) is -1.51. The molecular formula is C34H30N6O2. The van der Waals surface area contributed by atoms with E-state index in [-0.39, 0.29) is 13.1 Å². The third-order valence-corrected chi connectivity index (χ3v) is 6.98. The van der Waals surface area contributed by atoms with Crippen LogP contribution in [0.4, 0.5) is 11.6 Å². The van der Waals surface area contributed by atoms with Crippen molar-refractivity contribution >= 4 is 22.7 Å². The number of rotatable bonds is 10. The number of hydrogen-bond donors (Lipinski definition) is 4. The maximum absolute atomic E-state index is 10.8. The van der Waals surface area contributed by atoms with Crippen molar-refractivity contribution < 1.29 is 10.2 Å². The largest absolute Gasteiger partial charge is 0.387 e. The normalized spacial score (nSPS) is 12.5. The van der Waals surface area contributed by atoms with E-state index in [9.17, 15) is 10.2 Å². The van der Waals surface area contributed by atoms with Gasteiger partial charge in [-0.1, -0.05) is 121 Å². The van der Waals surface area contributed by atoms with Crippen LogP contribution >= 0.6 is 0 Å². The molecule has 2 unspecified atom stereocenters. The Labute approximate surface area is 243 Å². The minimum Gasteiger partial charge on any atom is -0.387 e. The standard InChI is InChI=1S/C34H30N6O2/c41-27(23-13-5-1-6-14-23)21-35-33-31-32(34(40-39-33)36-22-28(42)24-15-7-2-8-16-24)38-30(26-19-11-4-12-20-26)29(37-31)25-17-9-3-10-18-25/h1-20,27-28,41-42H,21-22H2,(H,35,39)(H,36,40). The molecule has 0 aliphatic heterocycles. The average molecular weight is 555 g/mol. The Morgan fingerprint density at radius 3 is 1.17 bits per heavy atom. The minimum atomic E-state index is -0.757. The van der Waals surface area contributed by atoms with Gasteiger partial charge in [0.1, 0.15) is 11.0 Å². The molecule has 0 aliphatic carbocycles. The van der Waals surface area contributed by atoms with Gasteiger partial charge in [0.15, 0.2) is 11.6 Å². The van der Waals surface area contributed by atoms with Crippen LogP contribution in [0.3, 0.4) is 0 Å². The van der Waals surface area contributed by atoms with E-state index in [1.54, 1.807) is 0 Å². The third kappa shape index (κ3) is 5.95. The molecular weight excluding hydrogens is 524 g/mol. The molecule has 0 aliphatic rings. The zero-order chi connectivity index (χ0) is 28.7. The smallest absolute Gasteiger partial charge is 0.177 e. The number of hydrogen-bond acceptors (Lipinski definition) is 8. The van der Waals surface area contributed by atoms with E-state index in [0.717, 1.165) is 22.3 Å². The Kier molecular flexibility index (Phi) is 8.07. The SMILES string of the molecule is OC(CNc1nnc(NCC(O)c2ccccc2)c2nc(-c3ccccc3)c(-c3ccccc3)nc12)c1ccccc1. The van der Waals surface area contributed by atoms with Crippen LogP contribution in [0.1, 0.15) is 23.3 Å². The number of aliphatic hydroxyl groups excluding tert-OH is 2. The lowest BCUT2D eigenvalue weighted by atomic mass is 10.0. The fourth-order valence-corrected chi connectivity index (χ4v) is 4.77. The number of aromatic nitrogens is 4. The van der Waals surface area contributed by atoms with Crippen molar-refractivity contribution in [3.05, 3.63) is 132 Å². The topological polar surface area (TPSA) is 116 Å². The van der Waals surface area contributed by atoms with Crippen LogP contribution in [-0.4, -0.2) is 43.5 Å². The first-order chi connectivity index (χ1) is 20.7. The second-order valence-electron chi connectivity index (χ2n) is 9.86. The van der Waals surface area contributed by atoms with Gasteiger partial charge in [-0.3, -0.25) is 0 Å². The Balaban J connectivity index is 1.44. The van der Waals surface area contributed by atoms with E-state index < -0.39 is 12.2 Å². The van der Waals surface area contributed by atoms with Crippen molar-refractivity contribution in [1.29, 1.82) is 0 Å². The van der Waals surface area contributed by atoms with Gasteiger partial charge < -0.3 is 20.8 Å². The van der Waals surface area contributed by atoms with Gasteiger partial charge in [-0.25, -0.2) is 9.97 Å². The molecule has 0 spiro atoms. The molecule has 208 valence electrons. The Bertz CT molecular complexity index is 1620. The summed E-state index contributed by atoms with van der Waals surface area (Å²) < 4.78 is 0. The van der Waals surface area contributed by atoms with E-state index in [4.69, 9.17) is 9.97 Å². The van der Waals surface area contributed by atoms with Gasteiger partial charge in [0.05, 0.1) is 23.6 Å². The Morgan fingerprint density at radius 1 is 0.476 bits per heavy atom. The van der Waals surface area contributed by atoms with Crippen molar-refractivity contribution in [3.8, 4) is 22.5 Å².